The number of cyclic esters (lactones) is 1. The van der Waals surface area contributed by atoms with Gasteiger partial charge in [-0.1, -0.05) is 18.7 Å². The van der Waals surface area contributed by atoms with Crippen molar-refractivity contribution in [3.05, 3.63) is 24.3 Å². The quantitative estimate of drug-likeness (QED) is 0.581. The van der Waals surface area contributed by atoms with Crippen LogP contribution in [0.2, 0.25) is 0 Å². The Kier molecular flexibility index (Phi) is 4.65. The van der Waals surface area contributed by atoms with Gasteiger partial charge in [0.15, 0.2) is 0 Å². The number of rotatable bonds is 4. The van der Waals surface area contributed by atoms with Gasteiger partial charge in [-0.05, 0) is 37.2 Å². The fraction of sp³-hybridized carbons (Fsp3) is 0.700. The summed E-state index contributed by atoms with van der Waals surface area (Å²) in [6.45, 7) is 9.39. The lowest BCUT2D eigenvalue weighted by molar-refractivity contribution is -0.146. The largest absolute Gasteiger partial charge is 0.461 e. The molecular formula is C20H27NO5. The molecule has 4 rings (SSSR count). The van der Waals surface area contributed by atoms with E-state index in [1.54, 1.807) is 0 Å². The van der Waals surface area contributed by atoms with E-state index in [1.165, 1.54) is 0 Å². The van der Waals surface area contributed by atoms with Crippen molar-refractivity contribution in [3.63, 3.8) is 0 Å². The van der Waals surface area contributed by atoms with Crippen molar-refractivity contribution in [2.75, 3.05) is 13.1 Å². The minimum atomic E-state index is -0.534. The molecule has 0 aromatic rings. The van der Waals surface area contributed by atoms with Crippen LogP contribution in [0, 0.1) is 23.7 Å². The molecule has 1 unspecified atom stereocenters. The number of ether oxygens (including phenoxy) is 2. The van der Waals surface area contributed by atoms with Gasteiger partial charge in [0, 0.05) is 31.3 Å². The highest BCUT2D eigenvalue weighted by atomic mass is 16.6. The average molecular weight is 361 g/mol. The van der Waals surface area contributed by atoms with Crippen molar-refractivity contribution in [1.29, 1.82) is 0 Å². The lowest BCUT2D eigenvalue weighted by atomic mass is 9.79. The molecule has 2 N–H and O–H groups in total. The Morgan fingerprint density at radius 1 is 1.12 bits per heavy atom. The van der Waals surface area contributed by atoms with Gasteiger partial charge in [0.1, 0.15) is 12.2 Å². The van der Waals surface area contributed by atoms with Gasteiger partial charge in [0.2, 0.25) is 0 Å². The number of aliphatic hydroxyl groups is 1. The maximum absolute atomic E-state index is 12.5. The van der Waals surface area contributed by atoms with E-state index in [-0.39, 0.29) is 47.8 Å². The molecule has 6 heteroatoms. The molecule has 26 heavy (non-hydrogen) atoms. The van der Waals surface area contributed by atoms with Gasteiger partial charge >= 0.3 is 11.9 Å². The van der Waals surface area contributed by atoms with E-state index in [1.807, 2.05) is 0 Å². The molecular weight excluding hydrogens is 334 g/mol. The third-order valence-electron chi connectivity index (χ3n) is 6.64. The van der Waals surface area contributed by atoms with Crippen LogP contribution in [-0.2, 0) is 19.1 Å². The molecule has 4 fully saturated rings. The zero-order chi connectivity index (χ0) is 18.4. The second-order valence-corrected chi connectivity index (χ2v) is 8.14. The van der Waals surface area contributed by atoms with Crippen LogP contribution in [0.25, 0.3) is 0 Å². The van der Waals surface area contributed by atoms with E-state index in [9.17, 15) is 14.7 Å². The Morgan fingerprint density at radius 2 is 1.92 bits per heavy atom. The number of carbonyl (C=O) groups excluding carboxylic acids is 2. The SMILES string of the molecule is C=C1[C@@H]2[C@H]3OC(=O)[C@@H](CNCC4CCC(=O)O4)[C@@H]3CCC(=C)[C@@H]2C[C@@H]1O. The summed E-state index contributed by atoms with van der Waals surface area (Å²) in [7, 11) is 0. The molecule has 0 aromatic carbocycles. The Balaban J connectivity index is 1.43. The monoisotopic (exact) mass is 361 g/mol. The number of aliphatic hydroxyl groups excluding tert-OH is 1. The first-order valence-corrected chi connectivity index (χ1v) is 9.60. The van der Waals surface area contributed by atoms with Gasteiger partial charge < -0.3 is 19.9 Å². The number of fused-ring (bicyclic) bond motifs is 3. The second kappa shape index (κ2) is 6.82. The number of allylic oxidation sites excluding steroid dienone is 1. The Hall–Kier alpha value is -1.66. The minimum absolute atomic E-state index is 0.0188. The van der Waals surface area contributed by atoms with Crippen molar-refractivity contribution in [2.24, 2.45) is 23.7 Å². The van der Waals surface area contributed by atoms with Gasteiger partial charge in [0.25, 0.3) is 0 Å². The standard InChI is InChI=1S/C20H27NO5/c1-10-3-5-13-15(9-21-8-12-4-6-17(23)25-12)20(24)26-19(13)18-11(2)16(22)7-14(10)18/h12-16,18-19,21-22H,1-9H2/t12?,13-,14-,15-,16-,18-,19-/m0/s1. The lowest BCUT2D eigenvalue weighted by Crippen LogP contribution is -2.36. The summed E-state index contributed by atoms with van der Waals surface area (Å²) in [6, 6.07) is 0. The maximum atomic E-state index is 12.5. The first-order chi connectivity index (χ1) is 12.5. The van der Waals surface area contributed by atoms with Crippen LogP contribution in [0.15, 0.2) is 24.3 Å². The Bertz CT molecular complexity index is 644. The molecule has 0 amide bonds. The van der Waals surface area contributed by atoms with E-state index in [4.69, 9.17) is 9.47 Å². The molecule has 0 aromatic heterocycles. The third-order valence-corrected chi connectivity index (χ3v) is 6.64. The van der Waals surface area contributed by atoms with Crippen LogP contribution in [0.4, 0.5) is 0 Å². The van der Waals surface area contributed by atoms with Crippen LogP contribution in [0.1, 0.15) is 32.1 Å². The highest BCUT2D eigenvalue weighted by Gasteiger charge is 2.54. The fourth-order valence-corrected chi connectivity index (χ4v) is 5.20. The first-order valence-electron chi connectivity index (χ1n) is 9.60. The summed E-state index contributed by atoms with van der Waals surface area (Å²) in [5.41, 5.74) is 1.93. The first kappa shape index (κ1) is 17.7. The second-order valence-electron chi connectivity index (χ2n) is 8.14. The van der Waals surface area contributed by atoms with Crippen LogP contribution < -0.4 is 5.32 Å². The van der Waals surface area contributed by atoms with Crippen LogP contribution in [0.3, 0.4) is 0 Å². The van der Waals surface area contributed by atoms with Gasteiger partial charge in [-0.15, -0.1) is 0 Å². The van der Waals surface area contributed by atoms with Gasteiger partial charge in [-0.3, -0.25) is 9.59 Å². The van der Waals surface area contributed by atoms with Crippen molar-refractivity contribution in [2.45, 2.75) is 50.4 Å². The number of nitrogens with one attached hydrogen (secondary N) is 1. The summed E-state index contributed by atoms with van der Waals surface area (Å²) < 4.78 is 11.0. The number of esters is 2. The predicted molar refractivity (Wildman–Crippen MR) is 94.0 cm³/mol. The molecule has 142 valence electrons. The van der Waals surface area contributed by atoms with Crippen LogP contribution in [0.5, 0.6) is 0 Å². The van der Waals surface area contributed by atoms with E-state index in [0.29, 0.717) is 25.9 Å². The fourth-order valence-electron chi connectivity index (χ4n) is 5.20. The smallest absolute Gasteiger partial charge is 0.310 e. The van der Waals surface area contributed by atoms with E-state index in [2.05, 4.69) is 18.5 Å². The Morgan fingerprint density at radius 3 is 2.65 bits per heavy atom. The van der Waals surface area contributed by atoms with E-state index < -0.39 is 6.10 Å². The van der Waals surface area contributed by atoms with Crippen LogP contribution in [-0.4, -0.2) is 48.4 Å². The van der Waals surface area contributed by atoms with Gasteiger partial charge in [0.05, 0.1) is 12.0 Å². The molecule has 6 nitrogen and oxygen atoms in total. The predicted octanol–water partition coefficient (Wildman–Crippen LogP) is 1.34. The molecule has 2 saturated carbocycles. The summed E-state index contributed by atoms with van der Waals surface area (Å²) >= 11 is 0. The van der Waals surface area contributed by atoms with E-state index >= 15 is 0 Å². The normalized spacial score (nSPS) is 42.3. The summed E-state index contributed by atoms with van der Waals surface area (Å²) in [6.07, 6.45) is 2.72. The molecule has 2 saturated heterocycles. The van der Waals surface area contributed by atoms with Crippen molar-refractivity contribution in [3.8, 4) is 0 Å². The number of hydrogen-bond acceptors (Lipinski definition) is 6. The maximum Gasteiger partial charge on any atom is 0.310 e. The number of carbonyl (C=O) groups is 2. The highest BCUT2D eigenvalue weighted by Crippen LogP contribution is 2.52. The summed E-state index contributed by atoms with van der Waals surface area (Å²) in [5.74, 6) is -0.288. The molecule has 7 atom stereocenters. The lowest BCUT2D eigenvalue weighted by Gasteiger charge is -2.27. The summed E-state index contributed by atoms with van der Waals surface area (Å²) in [4.78, 5) is 23.7. The minimum Gasteiger partial charge on any atom is -0.461 e. The summed E-state index contributed by atoms with van der Waals surface area (Å²) in [5, 5.41) is 13.5. The molecule has 0 bridgehead atoms. The van der Waals surface area contributed by atoms with E-state index in [0.717, 1.165) is 30.4 Å². The molecule has 4 aliphatic rings. The molecule has 2 aliphatic heterocycles. The van der Waals surface area contributed by atoms with Gasteiger partial charge in [-0.25, -0.2) is 0 Å². The third kappa shape index (κ3) is 2.99. The number of hydrogen-bond donors (Lipinski definition) is 2. The zero-order valence-corrected chi connectivity index (χ0v) is 15.0. The topological polar surface area (TPSA) is 84.9 Å². The molecule has 0 spiro atoms. The van der Waals surface area contributed by atoms with Gasteiger partial charge in [-0.2, -0.15) is 0 Å². The average Bonchev–Trinajstić information content (AvgIpc) is 3.21. The zero-order valence-electron chi connectivity index (χ0n) is 15.0. The van der Waals surface area contributed by atoms with Crippen molar-refractivity contribution >= 4 is 11.9 Å². The molecule has 2 aliphatic carbocycles. The molecule has 0 radical (unpaired) electrons. The van der Waals surface area contributed by atoms with Crippen molar-refractivity contribution < 1.29 is 24.2 Å². The highest BCUT2D eigenvalue weighted by molar-refractivity contribution is 5.76. The Labute approximate surface area is 153 Å². The van der Waals surface area contributed by atoms with Crippen molar-refractivity contribution in [1.82, 2.24) is 5.32 Å². The molecule has 2 heterocycles. The van der Waals surface area contributed by atoms with Crippen LogP contribution >= 0.6 is 0 Å².